The summed E-state index contributed by atoms with van der Waals surface area (Å²) >= 11 is 0. The highest BCUT2D eigenvalue weighted by Gasteiger charge is 2.54. The first kappa shape index (κ1) is 49.7. The molecule has 0 amide bonds. The van der Waals surface area contributed by atoms with Gasteiger partial charge in [0.15, 0.2) is 0 Å². The van der Waals surface area contributed by atoms with Gasteiger partial charge >= 0.3 is 0 Å². The summed E-state index contributed by atoms with van der Waals surface area (Å²) in [5.74, 6) is -0.420. The summed E-state index contributed by atoms with van der Waals surface area (Å²) in [7, 11) is 0. The Kier molecular flexibility index (Phi) is 18.8. The SMILES string of the molecule is C1=C[C@@H]([C@@H](OCc2ccccc2)[C@@H]2O[C@H](COCc3ccccc3)[C@H](OCc3ccccc3)[C@H](OCc3ccccc3)[C@H]2OCc2ccccc2)[C@@H](OCc2ccccc2)[C@@H](COCc2ccccc2)O1. The molecule has 9 nitrogen and oxygen atoms in total. The van der Waals surface area contributed by atoms with Gasteiger partial charge in [0.25, 0.3) is 0 Å². The number of hydrogen-bond acceptors (Lipinski definition) is 9. The number of rotatable bonds is 25. The third-order valence-electron chi connectivity index (χ3n) is 12.9. The summed E-state index contributed by atoms with van der Waals surface area (Å²) < 4.78 is 63.0. The van der Waals surface area contributed by atoms with Crippen molar-refractivity contribution in [2.75, 3.05) is 13.2 Å². The maximum atomic E-state index is 7.56. The van der Waals surface area contributed by atoms with Gasteiger partial charge in [-0.3, -0.25) is 0 Å². The van der Waals surface area contributed by atoms with E-state index in [1.54, 1.807) is 6.26 Å². The fourth-order valence-electron chi connectivity index (χ4n) is 9.24. The fraction of sp³-hybridized carbons (Fsp3) is 0.290. The van der Waals surface area contributed by atoms with Gasteiger partial charge in [0.2, 0.25) is 0 Å². The van der Waals surface area contributed by atoms with Crippen molar-refractivity contribution in [3.63, 3.8) is 0 Å². The van der Waals surface area contributed by atoms with Crippen molar-refractivity contribution in [1.82, 2.24) is 0 Å². The zero-order valence-electron chi connectivity index (χ0n) is 40.1. The summed E-state index contributed by atoms with van der Waals surface area (Å²) in [5, 5.41) is 0. The Balaban J connectivity index is 1.12. The van der Waals surface area contributed by atoms with Crippen molar-refractivity contribution in [3.8, 4) is 0 Å². The molecule has 0 spiro atoms. The Labute approximate surface area is 418 Å². The molecule has 0 saturated carbocycles. The first-order valence-corrected chi connectivity index (χ1v) is 24.7. The molecule has 9 heteroatoms. The van der Waals surface area contributed by atoms with E-state index in [2.05, 4.69) is 91.0 Å². The summed E-state index contributed by atoms with van der Waals surface area (Å²) in [5.41, 5.74) is 7.23. The van der Waals surface area contributed by atoms with Gasteiger partial charge in [-0.15, -0.1) is 0 Å². The van der Waals surface area contributed by atoms with Crippen LogP contribution < -0.4 is 0 Å². The van der Waals surface area contributed by atoms with E-state index in [4.69, 9.17) is 42.6 Å². The van der Waals surface area contributed by atoms with E-state index in [0.717, 1.165) is 38.9 Å². The van der Waals surface area contributed by atoms with Crippen molar-refractivity contribution in [1.29, 1.82) is 0 Å². The van der Waals surface area contributed by atoms with E-state index < -0.39 is 54.7 Å². The summed E-state index contributed by atoms with van der Waals surface area (Å²) in [6, 6.07) is 71.3. The minimum atomic E-state index is -0.744. The third-order valence-corrected chi connectivity index (χ3v) is 12.9. The van der Waals surface area contributed by atoms with Crippen LogP contribution in [-0.2, 0) is 88.9 Å². The lowest BCUT2D eigenvalue weighted by atomic mass is 9.82. The second kappa shape index (κ2) is 26.8. The molecule has 71 heavy (non-hydrogen) atoms. The molecule has 366 valence electrons. The van der Waals surface area contributed by atoms with Crippen LogP contribution in [0.25, 0.3) is 0 Å². The molecule has 1 saturated heterocycles. The first-order chi connectivity index (χ1) is 35.2. The van der Waals surface area contributed by atoms with Crippen LogP contribution in [0.15, 0.2) is 225 Å². The number of benzene rings is 7. The lowest BCUT2D eigenvalue weighted by Gasteiger charge is -2.50. The maximum absolute atomic E-state index is 7.56. The topological polar surface area (TPSA) is 83.1 Å². The first-order valence-electron chi connectivity index (χ1n) is 24.7. The Morgan fingerprint density at radius 3 is 1.10 bits per heavy atom. The molecule has 7 aromatic carbocycles. The Bertz CT molecular complexity index is 2550. The molecule has 0 aromatic heterocycles. The van der Waals surface area contributed by atoms with E-state index in [1.165, 1.54) is 0 Å². The molecule has 0 radical (unpaired) electrons. The average Bonchev–Trinajstić information content (AvgIpc) is 3.43. The van der Waals surface area contributed by atoms with Crippen molar-refractivity contribution >= 4 is 0 Å². The molecule has 9 rings (SSSR count). The molecule has 1 fully saturated rings. The molecule has 0 N–H and O–H groups in total. The fourth-order valence-corrected chi connectivity index (χ4v) is 9.24. The Morgan fingerprint density at radius 1 is 0.338 bits per heavy atom. The van der Waals surface area contributed by atoms with Gasteiger partial charge in [-0.2, -0.15) is 0 Å². The highest BCUT2D eigenvalue weighted by Crippen LogP contribution is 2.39. The van der Waals surface area contributed by atoms with Crippen LogP contribution in [-0.4, -0.2) is 62.0 Å². The lowest BCUT2D eigenvalue weighted by molar-refractivity contribution is -0.297. The molecule has 9 atom stereocenters. The van der Waals surface area contributed by atoms with Gasteiger partial charge in [0.1, 0.15) is 42.7 Å². The van der Waals surface area contributed by atoms with E-state index in [9.17, 15) is 0 Å². The quantitative estimate of drug-likeness (QED) is 0.0556. The van der Waals surface area contributed by atoms with Crippen LogP contribution in [0.5, 0.6) is 0 Å². The Hall–Kier alpha value is -6.24. The predicted octanol–water partition coefficient (Wildman–Crippen LogP) is 11.6. The van der Waals surface area contributed by atoms with Crippen LogP contribution in [0.3, 0.4) is 0 Å². The predicted molar refractivity (Wildman–Crippen MR) is 273 cm³/mol. The molecule has 7 aromatic rings. The molecule has 2 heterocycles. The van der Waals surface area contributed by atoms with Gasteiger partial charge < -0.3 is 42.6 Å². The van der Waals surface area contributed by atoms with Crippen LogP contribution >= 0.6 is 0 Å². The minimum absolute atomic E-state index is 0.209. The zero-order valence-corrected chi connectivity index (χ0v) is 40.1. The number of hydrogen-bond donors (Lipinski definition) is 0. The van der Waals surface area contributed by atoms with Crippen LogP contribution in [0.2, 0.25) is 0 Å². The van der Waals surface area contributed by atoms with Gasteiger partial charge in [-0.25, -0.2) is 0 Å². The monoisotopic (exact) mass is 952 g/mol. The van der Waals surface area contributed by atoms with E-state index in [0.29, 0.717) is 39.6 Å². The van der Waals surface area contributed by atoms with E-state index in [-0.39, 0.29) is 19.8 Å². The van der Waals surface area contributed by atoms with Gasteiger partial charge in [0.05, 0.1) is 71.8 Å². The average molecular weight is 953 g/mol. The smallest absolute Gasteiger partial charge is 0.148 e. The van der Waals surface area contributed by atoms with Crippen LogP contribution in [0.4, 0.5) is 0 Å². The summed E-state index contributed by atoms with van der Waals surface area (Å²) in [6.07, 6.45) is -1.27. The van der Waals surface area contributed by atoms with E-state index in [1.807, 2.05) is 127 Å². The highest BCUT2D eigenvalue weighted by molar-refractivity contribution is 5.20. The molecular formula is C62H64O9. The van der Waals surface area contributed by atoms with Gasteiger partial charge in [-0.05, 0) is 45.0 Å². The molecule has 0 aliphatic carbocycles. The second-order valence-corrected chi connectivity index (χ2v) is 18.0. The van der Waals surface area contributed by atoms with Crippen LogP contribution in [0.1, 0.15) is 38.9 Å². The zero-order chi connectivity index (χ0) is 48.1. The van der Waals surface area contributed by atoms with Crippen molar-refractivity contribution in [2.45, 2.75) is 95.1 Å². The van der Waals surface area contributed by atoms with Gasteiger partial charge in [0, 0.05) is 5.92 Å². The third kappa shape index (κ3) is 14.7. The molecule has 0 bridgehead atoms. The second-order valence-electron chi connectivity index (χ2n) is 18.0. The maximum Gasteiger partial charge on any atom is 0.148 e. The molecule has 0 unspecified atom stereocenters. The summed E-state index contributed by atoms with van der Waals surface area (Å²) in [6.45, 7) is 2.84. The largest absolute Gasteiger partial charge is 0.493 e. The highest BCUT2D eigenvalue weighted by atomic mass is 16.6. The summed E-state index contributed by atoms with van der Waals surface area (Å²) in [4.78, 5) is 0. The molecule has 2 aliphatic rings. The Morgan fingerprint density at radius 2 is 0.676 bits per heavy atom. The normalized spacial score (nSPS) is 22.4. The standard InChI is InChI=1S/C62H64O9/c1-8-22-47(23-9-1)38-63-45-55-57(66-40-49-26-12-3-13-27-49)54(36-37-65-55)58(67-41-50-28-14-4-15-29-50)62-61(70-44-53-34-20-7-21-35-53)60(69-43-52-32-18-6-19-33-52)59(68-42-51-30-16-5-17-31-51)56(71-62)46-64-39-48-24-10-2-11-25-48/h1-37,54-62H,38-46H2/t54-,55-,56-,57-,58-,59+,60+,61-,62+/m1/s1. The molecule has 2 aliphatic heterocycles. The van der Waals surface area contributed by atoms with Crippen molar-refractivity contribution < 1.29 is 42.6 Å². The lowest BCUT2D eigenvalue weighted by Crippen LogP contribution is -2.66. The number of ether oxygens (including phenoxy) is 9. The van der Waals surface area contributed by atoms with Crippen molar-refractivity contribution in [2.24, 2.45) is 5.92 Å². The van der Waals surface area contributed by atoms with Crippen molar-refractivity contribution in [3.05, 3.63) is 264 Å². The molecular weight excluding hydrogens is 889 g/mol. The minimum Gasteiger partial charge on any atom is -0.493 e. The van der Waals surface area contributed by atoms with Crippen LogP contribution in [0, 0.1) is 5.92 Å². The van der Waals surface area contributed by atoms with Gasteiger partial charge in [-0.1, -0.05) is 212 Å². The van der Waals surface area contributed by atoms with E-state index >= 15 is 0 Å².